The Balaban J connectivity index is 2.56. The third-order valence-electron chi connectivity index (χ3n) is 2.70. The normalized spacial score (nSPS) is 10.5. The van der Waals surface area contributed by atoms with Gasteiger partial charge in [-0.15, -0.1) is 0 Å². The summed E-state index contributed by atoms with van der Waals surface area (Å²) in [6.45, 7) is 5.78. The Kier molecular flexibility index (Phi) is 5.65. The average molecular weight is 250 g/mol. The predicted molar refractivity (Wildman–Crippen MR) is 72.7 cm³/mol. The van der Waals surface area contributed by atoms with Crippen molar-refractivity contribution in [2.75, 3.05) is 27.2 Å². The van der Waals surface area contributed by atoms with Crippen LogP contribution in [0.5, 0.6) is 5.75 Å². The second kappa shape index (κ2) is 7.01. The molecule has 1 rings (SSSR count). The van der Waals surface area contributed by atoms with Gasteiger partial charge in [-0.3, -0.25) is 9.69 Å². The van der Waals surface area contributed by atoms with E-state index in [0.717, 1.165) is 17.9 Å². The van der Waals surface area contributed by atoms with Crippen LogP contribution < -0.4 is 10.1 Å². The van der Waals surface area contributed by atoms with Crippen LogP contribution in [0.25, 0.3) is 0 Å². The maximum Gasteiger partial charge on any atom is 0.234 e. The van der Waals surface area contributed by atoms with E-state index in [2.05, 4.69) is 11.4 Å². The molecule has 1 aromatic rings. The Hall–Kier alpha value is -1.55. The molecule has 4 heteroatoms. The minimum Gasteiger partial charge on any atom is -0.496 e. The summed E-state index contributed by atoms with van der Waals surface area (Å²) in [4.78, 5) is 13.4. The molecule has 1 amide bonds. The lowest BCUT2D eigenvalue weighted by atomic mass is 10.1. The zero-order valence-corrected chi connectivity index (χ0v) is 11.6. The summed E-state index contributed by atoms with van der Waals surface area (Å²) in [6.07, 6.45) is 0. The van der Waals surface area contributed by atoms with E-state index >= 15 is 0 Å². The summed E-state index contributed by atoms with van der Waals surface area (Å²) in [7, 11) is 3.61. The van der Waals surface area contributed by atoms with Gasteiger partial charge < -0.3 is 10.1 Å². The fraction of sp³-hybridized carbons (Fsp3) is 0.500. The van der Waals surface area contributed by atoms with Crippen LogP contribution in [0.4, 0.5) is 0 Å². The molecule has 0 spiro atoms. The first-order valence-corrected chi connectivity index (χ1v) is 6.15. The lowest BCUT2D eigenvalue weighted by molar-refractivity contribution is -0.121. The number of nitrogens with zero attached hydrogens (tertiary/aromatic N) is 1. The molecule has 0 saturated carbocycles. The molecular formula is C14H22N2O2. The van der Waals surface area contributed by atoms with Crippen molar-refractivity contribution in [1.82, 2.24) is 10.2 Å². The van der Waals surface area contributed by atoms with Crippen LogP contribution in [-0.4, -0.2) is 38.1 Å². The second-order valence-corrected chi connectivity index (χ2v) is 4.43. The molecule has 0 radical (unpaired) electrons. The van der Waals surface area contributed by atoms with Gasteiger partial charge in [0.25, 0.3) is 0 Å². The summed E-state index contributed by atoms with van der Waals surface area (Å²) < 4.78 is 5.22. The van der Waals surface area contributed by atoms with Gasteiger partial charge >= 0.3 is 0 Å². The number of carbonyl (C=O) groups is 1. The molecule has 0 aromatic heterocycles. The molecule has 1 aromatic carbocycles. The van der Waals surface area contributed by atoms with Gasteiger partial charge in [0.05, 0.1) is 13.7 Å². The average Bonchev–Trinajstić information content (AvgIpc) is 2.29. The molecule has 1 N–H and O–H groups in total. The maximum absolute atomic E-state index is 11.4. The third-order valence-corrected chi connectivity index (χ3v) is 2.70. The molecule has 0 saturated heterocycles. The maximum atomic E-state index is 11.4. The smallest absolute Gasteiger partial charge is 0.234 e. The number of methoxy groups -OCH3 is 1. The fourth-order valence-electron chi connectivity index (χ4n) is 1.90. The first-order valence-electron chi connectivity index (χ1n) is 6.15. The SMILES string of the molecule is CCNC(=O)CN(C)Cc1ccc(OC)c(C)c1. The van der Waals surface area contributed by atoms with Crippen molar-refractivity contribution in [2.45, 2.75) is 20.4 Å². The number of hydrogen-bond acceptors (Lipinski definition) is 3. The van der Waals surface area contributed by atoms with E-state index < -0.39 is 0 Å². The van der Waals surface area contributed by atoms with Crippen LogP contribution in [0.1, 0.15) is 18.1 Å². The van der Waals surface area contributed by atoms with Crippen LogP contribution in [0.2, 0.25) is 0 Å². The Bertz CT molecular complexity index is 405. The molecular weight excluding hydrogens is 228 g/mol. The van der Waals surface area contributed by atoms with Gasteiger partial charge in [0, 0.05) is 13.1 Å². The largest absolute Gasteiger partial charge is 0.496 e. The van der Waals surface area contributed by atoms with Crippen molar-refractivity contribution in [3.63, 3.8) is 0 Å². The van der Waals surface area contributed by atoms with Gasteiger partial charge in [-0.05, 0) is 38.1 Å². The summed E-state index contributed by atoms with van der Waals surface area (Å²) in [5, 5.41) is 2.79. The Morgan fingerprint density at radius 1 is 1.44 bits per heavy atom. The van der Waals surface area contributed by atoms with Gasteiger partial charge in [0.1, 0.15) is 5.75 Å². The van der Waals surface area contributed by atoms with Crippen molar-refractivity contribution < 1.29 is 9.53 Å². The molecule has 0 unspecified atom stereocenters. The lowest BCUT2D eigenvalue weighted by Crippen LogP contribution is -2.34. The van der Waals surface area contributed by atoms with Gasteiger partial charge in [0.2, 0.25) is 5.91 Å². The van der Waals surface area contributed by atoms with Crippen LogP contribution in [0.15, 0.2) is 18.2 Å². The number of rotatable bonds is 6. The molecule has 100 valence electrons. The van der Waals surface area contributed by atoms with Gasteiger partial charge in [0.15, 0.2) is 0 Å². The Morgan fingerprint density at radius 2 is 2.17 bits per heavy atom. The van der Waals surface area contributed by atoms with Crippen LogP contribution in [0, 0.1) is 6.92 Å². The standard InChI is InChI=1S/C14H22N2O2/c1-5-15-14(17)10-16(3)9-12-6-7-13(18-4)11(2)8-12/h6-8H,5,9-10H2,1-4H3,(H,15,17). The monoisotopic (exact) mass is 250 g/mol. The lowest BCUT2D eigenvalue weighted by Gasteiger charge is -2.17. The second-order valence-electron chi connectivity index (χ2n) is 4.43. The minimum absolute atomic E-state index is 0.0604. The Labute approximate surface area is 109 Å². The van der Waals surface area contributed by atoms with E-state index in [-0.39, 0.29) is 5.91 Å². The summed E-state index contributed by atoms with van der Waals surface area (Å²) in [5.41, 5.74) is 2.29. The van der Waals surface area contributed by atoms with Crippen molar-refractivity contribution in [2.24, 2.45) is 0 Å². The molecule has 18 heavy (non-hydrogen) atoms. The highest BCUT2D eigenvalue weighted by molar-refractivity contribution is 5.77. The molecule has 0 aliphatic carbocycles. The number of hydrogen-bond donors (Lipinski definition) is 1. The number of carbonyl (C=O) groups excluding carboxylic acids is 1. The molecule has 0 atom stereocenters. The van der Waals surface area contributed by atoms with Crippen LogP contribution >= 0.6 is 0 Å². The van der Waals surface area contributed by atoms with Crippen LogP contribution in [0.3, 0.4) is 0 Å². The first kappa shape index (κ1) is 14.5. The van der Waals surface area contributed by atoms with Crippen molar-refractivity contribution in [3.8, 4) is 5.75 Å². The highest BCUT2D eigenvalue weighted by Gasteiger charge is 2.07. The van der Waals surface area contributed by atoms with E-state index in [9.17, 15) is 4.79 Å². The number of amides is 1. The van der Waals surface area contributed by atoms with E-state index in [1.165, 1.54) is 5.56 Å². The Morgan fingerprint density at radius 3 is 2.72 bits per heavy atom. The fourth-order valence-corrected chi connectivity index (χ4v) is 1.90. The van der Waals surface area contributed by atoms with Gasteiger partial charge in [-0.25, -0.2) is 0 Å². The van der Waals surface area contributed by atoms with Crippen molar-refractivity contribution >= 4 is 5.91 Å². The van der Waals surface area contributed by atoms with Crippen molar-refractivity contribution in [1.29, 1.82) is 0 Å². The van der Waals surface area contributed by atoms with E-state index in [4.69, 9.17) is 4.74 Å². The highest BCUT2D eigenvalue weighted by Crippen LogP contribution is 2.19. The molecule has 0 aliphatic rings. The predicted octanol–water partition coefficient (Wildman–Crippen LogP) is 1.57. The quantitative estimate of drug-likeness (QED) is 0.833. The van der Waals surface area contributed by atoms with E-state index in [1.807, 2.05) is 37.9 Å². The highest BCUT2D eigenvalue weighted by atomic mass is 16.5. The molecule has 0 heterocycles. The van der Waals surface area contributed by atoms with Crippen molar-refractivity contribution in [3.05, 3.63) is 29.3 Å². The summed E-state index contributed by atoms with van der Waals surface area (Å²) in [5.74, 6) is 0.954. The van der Waals surface area contributed by atoms with E-state index in [0.29, 0.717) is 13.1 Å². The molecule has 0 bridgehead atoms. The van der Waals surface area contributed by atoms with Crippen LogP contribution in [-0.2, 0) is 11.3 Å². The van der Waals surface area contributed by atoms with E-state index in [1.54, 1.807) is 7.11 Å². The molecule has 4 nitrogen and oxygen atoms in total. The zero-order valence-electron chi connectivity index (χ0n) is 11.6. The van der Waals surface area contributed by atoms with Gasteiger partial charge in [-0.2, -0.15) is 0 Å². The first-order chi connectivity index (χ1) is 8.56. The zero-order chi connectivity index (χ0) is 13.5. The number of ether oxygens (including phenoxy) is 1. The summed E-state index contributed by atoms with van der Waals surface area (Å²) in [6, 6.07) is 6.08. The van der Waals surface area contributed by atoms with Gasteiger partial charge in [-0.1, -0.05) is 12.1 Å². The number of likely N-dealkylation sites (N-methyl/N-ethyl adjacent to an activating group) is 2. The molecule has 0 aliphatic heterocycles. The number of benzene rings is 1. The number of aryl methyl sites for hydroxylation is 1. The molecule has 0 fully saturated rings. The topological polar surface area (TPSA) is 41.6 Å². The number of nitrogens with one attached hydrogen (secondary N) is 1. The minimum atomic E-state index is 0.0604. The summed E-state index contributed by atoms with van der Waals surface area (Å²) >= 11 is 0. The third kappa shape index (κ3) is 4.37.